The van der Waals surface area contributed by atoms with E-state index in [2.05, 4.69) is 27.4 Å². The molecular weight excluding hydrogens is 268 g/mol. The van der Waals surface area contributed by atoms with Crippen molar-refractivity contribution in [3.05, 3.63) is 21.1 Å². The van der Waals surface area contributed by atoms with Gasteiger partial charge in [0.05, 0.1) is 17.8 Å². The summed E-state index contributed by atoms with van der Waals surface area (Å²) >= 11 is 3.16. The molecular formula is C11H16N4OS2. The topological polar surface area (TPSA) is 59.9 Å². The fourth-order valence-corrected chi connectivity index (χ4v) is 2.84. The van der Waals surface area contributed by atoms with Crippen LogP contribution < -0.4 is 10.1 Å². The molecule has 5 nitrogen and oxygen atoms in total. The first-order valence-corrected chi connectivity index (χ1v) is 7.54. The van der Waals surface area contributed by atoms with Gasteiger partial charge in [-0.15, -0.1) is 21.5 Å². The van der Waals surface area contributed by atoms with E-state index in [1.54, 1.807) is 11.3 Å². The number of aromatic nitrogens is 3. The summed E-state index contributed by atoms with van der Waals surface area (Å²) in [5, 5.41) is 12.9. The van der Waals surface area contributed by atoms with Crippen molar-refractivity contribution in [1.29, 1.82) is 0 Å². The minimum Gasteiger partial charge on any atom is -0.469 e. The third-order valence-corrected chi connectivity index (χ3v) is 4.20. The van der Waals surface area contributed by atoms with Crippen molar-refractivity contribution >= 4 is 22.7 Å². The van der Waals surface area contributed by atoms with Crippen LogP contribution in [0.5, 0.6) is 5.19 Å². The lowest BCUT2D eigenvalue weighted by molar-refractivity contribution is 0.318. The molecule has 2 heterocycles. The van der Waals surface area contributed by atoms with Crippen LogP contribution in [0.2, 0.25) is 0 Å². The molecule has 0 amide bonds. The van der Waals surface area contributed by atoms with Crippen LogP contribution in [0.1, 0.15) is 22.5 Å². The summed E-state index contributed by atoms with van der Waals surface area (Å²) < 4.78 is 5.59. The molecule has 0 aliphatic carbocycles. The Morgan fingerprint density at radius 3 is 3.00 bits per heavy atom. The van der Waals surface area contributed by atoms with Gasteiger partial charge in [0.25, 0.3) is 5.19 Å². The predicted octanol–water partition coefficient (Wildman–Crippen LogP) is 2.03. The molecule has 2 aromatic heterocycles. The fourth-order valence-electron chi connectivity index (χ4n) is 1.40. The van der Waals surface area contributed by atoms with Gasteiger partial charge in [-0.2, -0.15) is 0 Å². The van der Waals surface area contributed by atoms with Gasteiger partial charge in [-0.1, -0.05) is 18.3 Å². The zero-order valence-corrected chi connectivity index (χ0v) is 12.1. The highest BCUT2D eigenvalue weighted by Gasteiger charge is 2.06. The van der Waals surface area contributed by atoms with Crippen molar-refractivity contribution in [2.45, 2.75) is 26.8 Å². The number of nitrogens with zero attached hydrogens (tertiary/aromatic N) is 3. The number of nitrogens with one attached hydrogen (secondary N) is 1. The van der Waals surface area contributed by atoms with Crippen LogP contribution in [0.25, 0.3) is 0 Å². The summed E-state index contributed by atoms with van der Waals surface area (Å²) in [6, 6.07) is 0. The van der Waals surface area contributed by atoms with Gasteiger partial charge >= 0.3 is 0 Å². The maximum Gasteiger partial charge on any atom is 0.294 e. The maximum atomic E-state index is 5.59. The Kier molecular flexibility index (Phi) is 5.03. The second-order valence-electron chi connectivity index (χ2n) is 3.70. The number of ether oxygens (including phenoxy) is 1. The first kappa shape index (κ1) is 13.4. The normalized spacial score (nSPS) is 10.8. The molecule has 0 atom stereocenters. The van der Waals surface area contributed by atoms with Crippen LogP contribution in [-0.4, -0.2) is 28.3 Å². The molecule has 0 aromatic carbocycles. The molecule has 0 bridgehead atoms. The van der Waals surface area contributed by atoms with Gasteiger partial charge in [0.15, 0.2) is 0 Å². The van der Waals surface area contributed by atoms with Gasteiger partial charge in [-0.05, 0) is 13.5 Å². The Morgan fingerprint density at radius 1 is 1.39 bits per heavy atom. The third-order valence-electron chi connectivity index (χ3n) is 2.37. The molecule has 0 spiro atoms. The van der Waals surface area contributed by atoms with Gasteiger partial charge in [0, 0.05) is 17.8 Å². The highest BCUT2D eigenvalue weighted by atomic mass is 32.1. The molecule has 0 fully saturated rings. The van der Waals surface area contributed by atoms with Gasteiger partial charge in [-0.3, -0.25) is 0 Å². The van der Waals surface area contributed by atoms with E-state index in [1.807, 2.05) is 12.4 Å². The summed E-state index contributed by atoms with van der Waals surface area (Å²) in [5.74, 6) is 0. The molecule has 1 N–H and O–H groups in total. The molecule has 0 saturated heterocycles. The molecule has 0 aliphatic heterocycles. The van der Waals surface area contributed by atoms with Gasteiger partial charge in [-0.25, -0.2) is 4.98 Å². The lowest BCUT2D eigenvalue weighted by Crippen LogP contribution is -2.11. The number of rotatable bonds is 7. The second-order valence-corrected chi connectivity index (χ2v) is 5.67. The van der Waals surface area contributed by atoms with E-state index in [9.17, 15) is 0 Å². The van der Waals surface area contributed by atoms with Crippen LogP contribution in [0, 0.1) is 6.92 Å². The van der Waals surface area contributed by atoms with E-state index in [0.717, 1.165) is 30.2 Å². The fraction of sp³-hybridized carbons (Fsp3) is 0.545. The van der Waals surface area contributed by atoms with Crippen LogP contribution in [0.3, 0.4) is 0 Å². The van der Waals surface area contributed by atoms with E-state index < -0.39 is 0 Å². The molecule has 2 aromatic rings. The molecule has 0 unspecified atom stereocenters. The summed E-state index contributed by atoms with van der Waals surface area (Å²) in [6.07, 6.45) is 0.874. The monoisotopic (exact) mass is 284 g/mol. The SMILES string of the molecule is CCNCc1nnc(OCCc2scnc2C)s1. The van der Waals surface area contributed by atoms with Crippen molar-refractivity contribution < 1.29 is 4.74 Å². The van der Waals surface area contributed by atoms with E-state index >= 15 is 0 Å². The van der Waals surface area contributed by atoms with Crippen LogP contribution in [0.4, 0.5) is 0 Å². The largest absolute Gasteiger partial charge is 0.469 e. The van der Waals surface area contributed by atoms with Crippen molar-refractivity contribution in [2.75, 3.05) is 13.2 Å². The minimum atomic E-state index is 0.624. The lowest BCUT2D eigenvalue weighted by atomic mass is 10.3. The summed E-state index contributed by atoms with van der Waals surface area (Å²) in [5.41, 5.74) is 2.96. The van der Waals surface area contributed by atoms with E-state index in [1.165, 1.54) is 16.2 Å². The van der Waals surface area contributed by atoms with Crippen molar-refractivity contribution in [1.82, 2.24) is 20.5 Å². The standard InChI is InChI=1S/C11H16N4OS2/c1-3-12-6-10-14-15-11(18-10)16-5-4-9-8(2)13-7-17-9/h7,12H,3-6H2,1-2H3. The van der Waals surface area contributed by atoms with E-state index in [0.29, 0.717) is 11.8 Å². The van der Waals surface area contributed by atoms with Crippen LogP contribution in [0.15, 0.2) is 5.51 Å². The molecule has 2 rings (SSSR count). The smallest absolute Gasteiger partial charge is 0.294 e. The summed E-state index contributed by atoms with van der Waals surface area (Å²) in [7, 11) is 0. The average molecular weight is 284 g/mol. The van der Waals surface area contributed by atoms with Gasteiger partial charge < -0.3 is 10.1 Å². The maximum absolute atomic E-state index is 5.59. The number of hydrogen-bond acceptors (Lipinski definition) is 7. The average Bonchev–Trinajstić information content (AvgIpc) is 2.97. The highest BCUT2D eigenvalue weighted by Crippen LogP contribution is 2.19. The quantitative estimate of drug-likeness (QED) is 0.843. The third kappa shape index (κ3) is 3.72. The van der Waals surface area contributed by atoms with Gasteiger partial charge in [0.1, 0.15) is 5.01 Å². The van der Waals surface area contributed by atoms with Crippen molar-refractivity contribution in [3.8, 4) is 5.19 Å². The van der Waals surface area contributed by atoms with Crippen LogP contribution >= 0.6 is 22.7 Å². The Balaban J connectivity index is 1.76. The Labute approximate surface area is 114 Å². The lowest BCUT2D eigenvalue weighted by Gasteiger charge is -2.00. The molecule has 0 saturated carbocycles. The van der Waals surface area contributed by atoms with E-state index in [4.69, 9.17) is 4.74 Å². The molecule has 18 heavy (non-hydrogen) atoms. The summed E-state index contributed by atoms with van der Waals surface area (Å²) in [6.45, 7) is 6.39. The molecule has 7 heteroatoms. The summed E-state index contributed by atoms with van der Waals surface area (Å²) in [4.78, 5) is 5.48. The van der Waals surface area contributed by atoms with Gasteiger partial charge in [0.2, 0.25) is 0 Å². The zero-order valence-electron chi connectivity index (χ0n) is 10.5. The molecule has 0 aliphatic rings. The first-order valence-electron chi connectivity index (χ1n) is 5.84. The Hall–Kier alpha value is -1.05. The Bertz CT molecular complexity index is 483. The molecule has 0 radical (unpaired) electrons. The second kappa shape index (κ2) is 6.77. The number of hydrogen-bond donors (Lipinski definition) is 1. The zero-order chi connectivity index (χ0) is 12.8. The number of thiazole rings is 1. The number of aryl methyl sites for hydroxylation is 1. The molecule has 98 valence electrons. The predicted molar refractivity (Wildman–Crippen MR) is 73.3 cm³/mol. The minimum absolute atomic E-state index is 0.624. The van der Waals surface area contributed by atoms with E-state index in [-0.39, 0.29) is 0 Å². The Morgan fingerprint density at radius 2 is 2.28 bits per heavy atom. The van der Waals surface area contributed by atoms with Crippen molar-refractivity contribution in [2.24, 2.45) is 0 Å². The van der Waals surface area contributed by atoms with Crippen molar-refractivity contribution in [3.63, 3.8) is 0 Å². The highest BCUT2D eigenvalue weighted by molar-refractivity contribution is 7.13. The van der Waals surface area contributed by atoms with Crippen LogP contribution in [-0.2, 0) is 13.0 Å². The first-order chi connectivity index (χ1) is 8.79.